The largest absolute Gasteiger partial charge is 0.303 e. The maximum atomic E-state index is 11.3. The number of rotatable bonds is 3. The van der Waals surface area contributed by atoms with Crippen molar-refractivity contribution in [1.82, 2.24) is 0 Å². The van der Waals surface area contributed by atoms with E-state index in [1.807, 2.05) is 0 Å². The molecule has 0 aromatic heterocycles. The van der Waals surface area contributed by atoms with Crippen LogP contribution in [-0.4, -0.2) is 14.4 Å². The number of benzene rings is 1. The average molecular weight is 270 g/mol. The normalized spacial score (nSPS) is 33.4. The minimum absolute atomic E-state index is 0.268. The molecule has 1 saturated carbocycles. The molecule has 4 atom stereocenters. The third kappa shape index (κ3) is 2.02. The molecule has 0 unspecified atom stereocenters. The highest BCUT2D eigenvalue weighted by molar-refractivity contribution is 6.91. The molecular weight excluding hydrogens is 248 g/mol. The predicted octanol–water partition coefficient (Wildman–Crippen LogP) is 3.38. The fourth-order valence-electron chi connectivity index (χ4n) is 4.43. The number of aldehydes is 1. The van der Waals surface area contributed by atoms with E-state index in [0.29, 0.717) is 5.92 Å². The first-order chi connectivity index (χ1) is 9.14. The molecule has 2 aliphatic rings. The van der Waals surface area contributed by atoms with E-state index in [4.69, 9.17) is 0 Å². The van der Waals surface area contributed by atoms with E-state index in [-0.39, 0.29) is 5.92 Å². The van der Waals surface area contributed by atoms with Gasteiger partial charge in [0.15, 0.2) is 0 Å². The van der Waals surface area contributed by atoms with Crippen LogP contribution in [0.3, 0.4) is 0 Å². The zero-order chi connectivity index (χ0) is 13.5. The number of allylic oxidation sites excluding steroid dienone is 2. The molecule has 19 heavy (non-hydrogen) atoms. The molecular formula is C17H22OSi. The van der Waals surface area contributed by atoms with E-state index < -0.39 is 8.07 Å². The average Bonchev–Trinajstić information content (AvgIpc) is 2.67. The van der Waals surface area contributed by atoms with Crippen molar-refractivity contribution in [2.24, 2.45) is 17.8 Å². The lowest BCUT2D eigenvalue weighted by Gasteiger charge is -2.39. The quantitative estimate of drug-likeness (QED) is 0.467. The van der Waals surface area contributed by atoms with Gasteiger partial charge in [0.05, 0.1) is 8.07 Å². The molecule has 0 spiro atoms. The highest BCUT2D eigenvalue weighted by Gasteiger charge is 2.51. The van der Waals surface area contributed by atoms with Crippen molar-refractivity contribution >= 4 is 19.5 Å². The molecule has 0 heterocycles. The van der Waals surface area contributed by atoms with Crippen LogP contribution >= 0.6 is 0 Å². The maximum Gasteiger partial charge on any atom is 0.123 e. The highest BCUT2D eigenvalue weighted by atomic mass is 28.3. The molecule has 0 N–H and O–H groups in total. The van der Waals surface area contributed by atoms with Crippen LogP contribution in [0.2, 0.25) is 18.6 Å². The van der Waals surface area contributed by atoms with E-state index in [1.54, 1.807) is 0 Å². The molecule has 2 bridgehead atoms. The van der Waals surface area contributed by atoms with E-state index in [1.165, 1.54) is 17.9 Å². The number of carbonyl (C=O) groups excluding carboxylic acids is 1. The Bertz CT molecular complexity index is 491. The van der Waals surface area contributed by atoms with Gasteiger partial charge in [-0.1, -0.05) is 60.8 Å². The molecule has 1 aromatic rings. The van der Waals surface area contributed by atoms with Crippen molar-refractivity contribution in [3.05, 3.63) is 42.5 Å². The molecule has 1 nitrogen and oxygen atoms in total. The Kier molecular flexibility index (Phi) is 3.21. The summed E-state index contributed by atoms with van der Waals surface area (Å²) in [5.74, 6) is 1.49. The molecule has 0 saturated heterocycles. The Hall–Kier alpha value is -1.15. The van der Waals surface area contributed by atoms with Crippen LogP contribution < -0.4 is 5.19 Å². The third-order valence-corrected chi connectivity index (χ3v) is 9.66. The second-order valence-corrected chi connectivity index (χ2v) is 11.3. The monoisotopic (exact) mass is 270 g/mol. The first-order valence-electron chi connectivity index (χ1n) is 7.32. The summed E-state index contributed by atoms with van der Waals surface area (Å²) in [6, 6.07) is 11.0. The second kappa shape index (κ2) is 4.75. The molecule has 0 radical (unpaired) electrons. The fraction of sp³-hybridized carbons (Fsp3) is 0.471. The van der Waals surface area contributed by atoms with Crippen molar-refractivity contribution in [2.45, 2.75) is 31.5 Å². The second-order valence-electron chi connectivity index (χ2n) is 6.65. The van der Waals surface area contributed by atoms with E-state index in [2.05, 4.69) is 55.6 Å². The molecule has 2 aliphatic carbocycles. The standard InChI is InChI=1S/C17H22OSi/c1-19(2,15-8-4-3-5-9-15)17-13-7-6-10-16(17)14(11-13)12-18/h3-6,8-10,12-14,16-17H,7,11H2,1-2H3/t13-,14+,16+,17-/m1/s1. The summed E-state index contributed by atoms with van der Waals surface area (Å²) in [6.45, 7) is 4.97. The fourth-order valence-corrected chi connectivity index (χ4v) is 8.63. The lowest BCUT2D eigenvalue weighted by Crippen LogP contribution is -2.49. The van der Waals surface area contributed by atoms with Gasteiger partial charge in [-0.3, -0.25) is 0 Å². The van der Waals surface area contributed by atoms with Gasteiger partial charge >= 0.3 is 0 Å². The van der Waals surface area contributed by atoms with Crippen molar-refractivity contribution in [2.75, 3.05) is 0 Å². The number of hydrogen-bond donors (Lipinski definition) is 0. The molecule has 0 aliphatic heterocycles. The van der Waals surface area contributed by atoms with Gasteiger partial charge in [0.2, 0.25) is 0 Å². The Morgan fingerprint density at radius 3 is 2.63 bits per heavy atom. The van der Waals surface area contributed by atoms with Gasteiger partial charge in [0, 0.05) is 5.92 Å². The van der Waals surface area contributed by atoms with Crippen LogP contribution in [0.5, 0.6) is 0 Å². The maximum absolute atomic E-state index is 11.3. The van der Waals surface area contributed by atoms with Gasteiger partial charge in [-0.25, -0.2) is 0 Å². The Morgan fingerprint density at radius 1 is 1.21 bits per heavy atom. The molecule has 3 rings (SSSR count). The summed E-state index contributed by atoms with van der Waals surface area (Å²) in [6.07, 6.45) is 8.14. The van der Waals surface area contributed by atoms with Crippen molar-refractivity contribution in [1.29, 1.82) is 0 Å². The highest BCUT2D eigenvalue weighted by Crippen LogP contribution is 2.54. The van der Waals surface area contributed by atoms with Crippen LogP contribution in [0.25, 0.3) is 0 Å². The summed E-state index contributed by atoms with van der Waals surface area (Å²) in [5.41, 5.74) is 0.732. The van der Waals surface area contributed by atoms with Crippen molar-refractivity contribution in [3.63, 3.8) is 0 Å². The Morgan fingerprint density at radius 2 is 1.95 bits per heavy atom. The SMILES string of the molecule is C[Si](C)(c1ccccc1)[C@@H]1[C@@H]2CC=C[C@H]1[C@H](C=O)C2. The van der Waals surface area contributed by atoms with E-state index >= 15 is 0 Å². The first kappa shape index (κ1) is 12.9. The summed E-state index contributed by atoms with van der Waals surface area (Å²) in [4.78, 5) is 11.3. The zero-order valence-electron chi connectivity index (χ0n) is 11.8. The van der Waals surface area contributed by atoms with Gasteiger partial charge in [-0.15, -0.1) is 0 Å². The van der Waals surface area contributed by atoms with Gasteiger partial charge in [0.25, 0.3) is 0 Å². The number of fused-ring (bicyclic) bond motifs is 2. The van der Waals surface area contributed by atoms with Gasteiger partial charge in [0.1, 0.15) is 6.29 Å². The number of hydrogen-bond acceptors (Lipinski definition) is 1. The van der Waals surface area contributed by atoms with Crippen LogP contribution in [0.15, 0.2) is 42.5 Å². The van der Waals surface area contributed by atoms with Crippen LogP contribution in [0.1, 0.15) is 12.8 Å². The molecule has 1 fully saturated rings. The number of carbonyl (C=O) groups is 1. The summed E-state index contributed by atoms with van der Waals surface area (Å²) >= 11 is 0. The lowest BCUT2D eigenvalue weighted by atomic mass is 9.93. The van der Waals surface area contributed by atoms with Crippen LogP contribution in [0.4, 0.5) is 0 Å². The van der Waals surface area contributed by atoms with Crippen molar-refractivity contribution in [3.8, 4) is 0 Å². The van der Waals surface area contributed by atoms with Gasteiger partial charge in [-0.2, -0.15) is 0 Å². The first-order valence-corrected chi connectivity index (χ1v) is 10.4. The Labute approximate surface area is 116 Å². The van der Waals surface area contributed by atoms with Gasteiger partial charge in [-0.05, 0) is 30.2 Å². The summed E-state index contributed by atoms with van der Waals surface area (Å²) < 4.78 is 0. The smallest absolute Gasteiger partial charge is 0.123 e. The topological polar surface area (TPSA) is 17.1 Å². The van der Waals surface area contributed by atoms with Crippen LogP contribution in [-0.2, 0) is 4.79 Å². The third-order valence-electron chi connectivity index (χ3n) is 5.31. The Balaban J connectivity index is 1.98. The van der Waals surface area contributed by atoms with Gasteiger partial charge < -0.3 is 4.79 Å². The molecule has 100 valence electrons. The summed E-state index contributed by atoms with van der Waals surface area (Å²) in [7, 11) is -1.51. The molecule has 0 amide bonds. The predicted molar refractivity (Wildman–Crippen MR) is 82.2 cm³/mol. The minimum Gasteiger partial charge on any atom is -0.303 e. The van der Waals surface area contributed by atoms with Crippen LogP contribution in [0, 0.1) is 17.8 Å². The van der Waals surface area contributed by atoms with E-state index in [9.17, 15) is 4.79 Å². The lowest BCUT2D eigenvalue weighted by molar-refractivity contribution is -0.111. The summed E-state index contributed by atoms with van der Waals surface area (Å²) in [5, 5.41) is 1.54. The zero-order valence-corrected chi connectivity index (χ0v) is 12.8. The van der Waals surface area contributed by atoms with E-state index in [0.717, 1.165) is 17.9 Å². The van der Waals surface area contributed by atoms with Crippen molar-refractivity contribution < 1.29 is 4.79 Å². The molecule has 1 aromatic carbocycles. The minimum atomic E-state index is -1.51. The molecule has 2 heteroatoms.